The molecule has 0 fully saturated rings. The lowest BCUT2D eigenvalue weighted by Gasteiger charge is -2.12. The van der Waals surface area contributed by atoms with E-state index in [1.54, 1.807) is 11.3 Å². The van der Waals surface area contributed by atoms with Crippen LogP contribution in [0.15, 0.2) is 164 Å². The van der Waals surface area contributed by atoms with Crippen LogP contribution in [-0.2, 0) is 0 Å². The molecule has 10 rings (SSSR count). The first-order valence-corrected chi connectivity index (χ1v) is 17.9. The summed E-state index contributed by atoms with van der Waals surface area (Å²) < 4.78 is 4.65. The molecule has 10 aromatic rings. The maximum Gasteiger partial charge on any atom is 0.164 e. The molecule has 6 heteroatoms. The van der Waals surface area contributed by atoms with Gasteiger partial charge in [0.05, 0.1) is 22.7 Å². The number of benzene rings is 7. The smallest absolute Gasteiger partial charge is 0.164 e. The van der Waals surface area contributed by atoms with Gasteiger partial charge >= 0.3 is 0 Å². The average Bonchev–Trinajstić information content (AvgIpc) is 3.76. The lowest BCUT2D eigenvalue weighted by atomic mass is 9.99. The summed E-state index contributed by atoms with van der Waals surface area (Å²) in [5.74, 6) is 1.90. The third kappa shape index (κ3) is 5.03. The fraction of sp³-hybridized carbons (Fsp3) is 0. The van der Waals surface area contributed by atoms with Crippen molar-refractivity contribution in [3.8, 4) is 57.0 Å². The lowest BCUT2D eigenvalue weighted by Crippen LogP contribution is -2.00. The molecule has 52 heavy (non-hydrogen) atoms. The zero-order valence-corrected chi connectivity index (χ0v) is 28.5. The molecule has 0 radical (unpaired) electrons. The van der Waals surface area contributed by atoms with Gasteiger partial charge in [0.25, 0.3) is 0 Å². The molecule has 0 N–H and O–H groups in total. The van der Waals surface area contributed by atoms with E-state index in [2.05, 4.69) is 102 Å². The highest BCUT2D eigenvalue weighted by Crippen LogP contribution is 2.40. The van der Waals surface area contributed by atoms with Crippen molar-refractivity contribution in [2.24, 2.45) is 0 Å². The Morgan fingerprint density at radius 2 is 0.923 bits per heavy atom. The molecule has 0 amide bonds. The Labute approximate surface area is 303 Å². The molecular formula is C46H27N5S. The molecule has 0 spiro atoms. The minimum Gasteiger partial charge on any atom is -0.309 e. The van der Waals surface area contributed by atoms with E-state index in [4.69, 9.17) is 15.0 Å². The molecule has 0 aliphatic carbocycles. The molecule has 7 aromatic carbocycles. The zero-order chi connectivity index (χ0) is 34.6. The molecular weight excluding hydrogens is 655 g/mol. The molecule has 0 aliphatic heterocycles. The first kappa shape index (κ1) is 29.9. The van der Waals surface area contributed by atoms with Crippen molar-refractivity contribution in [3.05, 3.63) is 169 Å². The first-order valence-electron chi connectivity index (χ1n) is 17.1. The zero-order valence-electron chi connectivity index (χ0n) is 27.7. The van der Waals surface area contributed by atoms with E-state index in [9.17, 15) is 5.26 Å². The van der Waals surface area contributed by atoms with Gasteiger partial charge in [0, 0.05) is 53.3 Å². The van der Waals surface area contributed by atoms with Gasteiger partial charge in [-0.1, -0.05) is 103 Å². The highest BCUT2D eigenvalue weighted by molar-refractivity contribution is 7.25. The number of hydrogen-bond donors (Lipinski definition) is 0. The van der Waals surface area contributed by atoms with Gasteiger partial charge in [0.15, 0.2) is 17.5 Å². The summed E-state index contributed by atoms with van der Waals surface area (Å²) >= 11 is 1.77. The minimum absolute atomic E-state index is 0.616. The number of fused-ring (bicyclic) bond motifs is 6. The van der Waals surface area contributed by atoms with E-state index in [0.29, 0.717) is 23.0 Å². The SMILES string of the molecule is N#Cc1cc(-c2ccc3sc4ccc(-c5nc(-c6ccccc6)nc(-c6ccccc6)n5)cc4c3c2)cc(-n2c3ccccc3c3ccccc32)c1. The summed E-state index contributed by atoms with van der Waals surface area (Å²) in [4.78, 5) is 14.8. The van der Waals surface area contributed by atoms with Crippen LogP contribution in [0.1, 0.15) is 5.56 Å². The number of nitriles is 1. The van der Waals surface area contributed by atoms with Gasteiger partial charge in [0.2, 0.25) is 0 Å². The Morgan fingerprint density at radius 1 is 0.423 bits per heavy atom. The monoisotopic (exact) mass is 681 g/mol. The fourth-order valence-electron chi connectivity index (χ4n) is 7.21. The van der Waals surface area contributed by atoms with Gasteiger partial charge in [0.1, 0.15) is 0 Å². The maximum atomic E-state index is 10.2. The molecule has 0 saturated carbocycles. The van der Waals surface area contributed by atoms with Crippen molar-refractivity contribution in [2.75, 3.05) is 0 Å². The summed E-state index contributed by atoms with van der Waals surface area (Å²) in [7, 11) is 0. The molecule has 242 valence electrons. The molecule has 0 saturated heterocycles. The van der Waals surface area contributed by atoms with Crippen LogP contribution in [0.4, 0.5) is 0 Å². The Bertz CT molecular complexity index is 2920. The Balaban J connectivity index is 1.12. The fourth-order valence-corrected chi connectivity index (χ4v) is 8.27. The molecule has 0 unspecified atom stereocenters. The van der Waals surface area contributed by atoms with Crippen molar-refractivity contribution < 1.29 is 0 Å². The van der Waals surface area contributed by atoms with Crippen LogP contribution in [0.25, 0.3) is 93.0 Å². The summed E-state index contributed by atoms with van der Waals surface area (Å²) in [6.07, 6.45) is 0. The van der Waals surface area contributed by atoms with Crippen LogP contribution in [0.5, 0.6) is 0 Å². The number of thiophene rings is 1. The maximum absolute atomic E-state index is 10.2. The van der Waals surface area contributed by atoms with Crippen LogP contribution in [0, 0.1) is 11.3 Å². The first-order chi connectivity index (χ1) is 25.7. The third-order valence-electron chi connectivity index (χ3n) is 9.65. The van der Waals surface area contributed by atoms with Gasteiger partial charge in [-0.25, -0.2) is 15.0 Å². The van der Waals surface area contributed by atoms with E-state index >= 15 is 0 Å². The van der Waals surface area contributed by atoms with Gasteiger partial charge in [-0.3, -0.25) is 0 Å². The van der Waals surface area contributed by atoms with Crippen molar-refractivity contribution in [1.82, 2.24) is 19.5 Å². The lowest BCUT2D eigenvalue weighted by molar-refractivity contribution is 1.07. The second-order valence-electron chi connectivity index (χ2n) is 12.8. The van der Waals surface area contributed by atoms with E-state index < -0.39 is 0 Å². The van der Waals surface area contributed by atoms with Crippen molar-refractivity contribution in [1.29, 1.82) is 5.26 Å². The second-order valence-corrected chi connectivity index (χ2v) is 13.9. The van der Waals surface area contributed by atoms with E-state index in [0.717, 1.165) is 55.3 Å². The second kappa shape index (κ2) is 12.1. The van der Waals surface area contributed by atoms with Crippen LogP contribution in [0.2, 0.25) is 0 Å². The topological polar surface area (TPSA) is 67.4 Å². The summed E-state index contributed by atoms with van der Waals surface area (Å²) in [6, 6.07) is 58.7. The molecule has 3 heterocycles. The molecule has 0 atom stereocenters. The van der Waals surface area contributed by atoms with E-state index in [1.807, 2.05) is 72.8 Å². The molecule has 5 nitrogen and oxygen atoms in total. The van der Waals surface area contributed by atoms with Gasteiger partial charge in [-0.05, 0) is 71.8 Å². The summed E-state index contributed by atoms with van der Waals surface area (Å²) in [5, 5.41) is 14.9. The van der Waals surface area contributed by atoms with Crippen molar-refractivity contribution >= 4 is 53.3 Å². The predicted octanol–water partition coefficient (Wildman–Crippen LogP) is 11.9. The van der Waals surface area contributed by atoms with E-state index in [1.165, 1.54) is 20.2 Å². The molecule has 0 aliphatic rings. The minimum atomic E-state index is 0.616. The largest absolute Gasteiger partial charge is 0.309 e. The summed E-state index contributed by atoms with van der Waals surface area (Å²) in [5.41, 5.74) is 8.65. The van der Waals surface area contributed by atoms with Crippen molar-refractivity contribution in [2.45, 2.75) is 0 Å². The predicted molar refractivity (Wildman–Crippen MR) is 214 cm³/mol. The summed E-state index contributed by atoms with van der Waals surface area (Å²) in [6.45, 7) is 0. The van der Waals surface area contributed by atoms with Crippen molar-refractivity contribution in [3.63, 3.8) is 0 Å². The Hall–Kier alpha value is -6.94. The van der Waals surface area contributed by atoms with E-state index in [-0.39, 0.29) is 0 Å². The third-order valence-corrected chi connectivity index (χ3v) is 10.8. The van der Waals surface area contributed by atoms with Gasteiger partial charge in [-0.15, -0.1) is 11.3 Å². The number of rotatable bonds is 5. The molecule has 3 aromatic heterocycles. The standard InChI is InChI=1S/C46H27N5S/c47-28-29-23-34(25-35(24-29)51-40-17-9-7-15-36(40)37-16-8-10-18-41(37)51)32-19-21-42-38(26-32)39-27-33(20-22-43(39)52-42)46-49-44(30-11-3-1-4-12-30)48-45(50-46)31-13-5-2-6-14-31/h1-27H. The highest BCUT2D eigenvalue weighted by Gasteiger charge is 2.16. The van der Waals surface area contributed by atoms with Crippen LogP contribution >= 0.6 is 11.3 Å². The average molecular weight is 682 g/mol. The van der Waals surface area contributed by atoms with Crippen LogP contribution < -0.4 is 0 Å². The number of aromatic nitrogens is 4. The highest BCUT2D eigenvalue weighted by atomic mass is 32.1. The number of hydrogen-bond acceptors (Lipinski definition) is 5. The van der Waals surface area contributed by atoms with Gasteiger partial charge in [-0.2, -0.15) is 5.26 Å². The quantitative estimate of drug-likeness (QED) is 0.181. The number of para-hydroxylation sites is 2. The molecule has 0 bridgehead atoms. The Kier molecular flexibility index (Phi) is 6.98. The number of nitrogens with zero attached hydrogens (tertiary/aromatic N) is 5. The normalized spacial score (nSPS) is 11.4. The Morgan fingerprint density at radius 3 is 1.50 bits per heavy atom. The van der Waals surface area contributed by atoms with Crippen LogP contribution in [-0.4, -0.2) is 19.5 Å². The van der Waals surface area contributed by atoms with Crippen LogP contribution in [0.3, 0.4) is 0 Å². The van der Waals surface area contributed by atoms with Gasteiger partial charge < -0.3 is 4.57 Å².